The molecule has 0 aromatic carbocycles. The fourth-order valence-corrected chi connectivity index (χ4v) is 10.8. The Morgan fingerprint density at radius 1 is 0.673 bits per heavy atom. The van der Waals surface area contributed by atoms with Gasteiger partial charge in [-0.05, 0) is 126 Å². The maximum Gasteiger partial charge on any atom is 0.138 e. The van der Waals surface area contributed by atoms with Gasteiger partial charge in [0, 0.05) is 33.9 Å². The molecule has 4 aliphatic rings. The molecule has 10 heteroatoms. The molecule has 8 rings (SSSR count). The summed E-state index contributed by atoms with van der Waals surface area (Å²) in [6.07, 6.45) is 20.2. The number of nitrogens with two attached hydrogens (primary N) is 1. The molecule has 0 radical (unpaired) electrons. The van der Waals surface area contributed by atoms with Gasteiger partial charge < -0.3 is 21.3 Å². The first-order valence-electron chi connectivity index (χ1n) is 18.4. The number of fused-ring (bicyclic) bond motifs is 6. The second-order valence-corrected chi connectivity index (χ2v) is 19.0. The maximum atomic E-state index is 6.03. The molecule has 4 N–H and O–H groups in total. The predicted octanol–water partition coefficient (Wildman–Crippen LogP) is 9.02. The molecule has 8 nitrogen and oxygen atoms in total. The predicted molar refractivity (Wildman–Crippen MR) is 210 cm³/mol. The monoisotopic (exact) mass is 704 g/mol. The molecule has 0 saturated heterocycles. The Labute approximate surface area is 302 Å². The van der Waals surface area contributed by atoms with Gasteiger partial charge in [-0.3, -0.25) is 0 Å². The Morgan fingerprint density at radius 2 is 1.10 bits per heavy atom. The van der Waals surface area contributed by atoms with Gasteiger partial charge >= 0.3 is 0 Å². The van der Waals surface area contributed by atoms with Gasteiger partial charge in [-0.1, -0.05) is 35.1 Å². The maximum absolute atomic E-state index is 6.03. The normalized spacial score (nSPS) is 25.9. The van der Waals surface area contributed by atoms with Gasteiger partial charge in [0.1, 0.15) is 34.0 Å². The van der Waals surface area contributed by atoms with E-state index in [2.05, 4.69) is 77.3 Å². The number of nitrogens with one attached hydrogen (secondary N) is 2. The highest BCUT2D eigenvalue weighted by molar-refractivity contribution is 7.19. The van der Waals surface area contributed by atoms with Crippen molar-refractivity contribution < 1.29 is 0 Å². The lowest BCUT2D eigenvalue weighted by Gasteiger charge is -2.33. The number of aromatic nitrogens is 4. The molecule has 2 saturated carbocycles. The zero-order chi connectivity index (χ0) is 33.6. The molecule has 2 fully saturated rings. The van der Waals surface area contributed by atoms with Crippen molar-refractivity contribution in [2.24, 2.45) is 16.6 Å². The molecule has 0 atom stereocenters. The van der Waals surface area contributed by atoms with Gasteiger partial charge in [0.2, 0.25) is 0 Å². The Hall–Kier alpha value is -2.40. The SMILES string of the molecule is C.CC1(C)CCc2sc3ncnc(NC4CCC(N)CC4)c3c2C1.CN(C)C1CCC(Nc2ncnc3sc4c(c23)CC(C)(C)CC4)CC1. The summed E-state index contributed by atoms with van der Waals surface area (Å²) in [5.74, 6) is 2.12. The average Bonchev–Trinajstić information content (AvgIpc) is 3.60. The molecule has 0 aliphatic heterocycles. The molecule has 0 unspecified atom stereocenters. The zero-order valence-electron chi connectivity index (χ0n) is 30.0. The lowest BCUT2D eigenvalue weighted by atomic mass is 9.76. The van der Waals surface area contributed by atoms with Gasteiger partial charge in [0.25, 0.3) is 0 Å². The Balaban J connectivity index is 0.000000167. The molecular weight excluding hydrogens is 645 g/mol. The van der Waals surface area contributed by atoms with E-state index in [0.29, 0.717) is 29.0 Å². The van der Waals surface area contributed by atoms with Crippen LogP contribution in [0.3, 0.4) is 0 Å². The molecule has 268 valence electrons. The minimum absolute atomic E-state index is 0. The zero-order valence-corrected chi connectivity index (χ0v) is 31.6. The van der Waals surface area contributed by atoms with E-state index in [9.17, 15) is 0 Å². The summed E-state index contributed by atoms with van der Waals surface area (Å²) < 4.78 is 0. The number of aryl methyl sites for hydroxylation is 2. The van der Waals surface area contributed by atoms with E-state index in [1.165, 1.54) is 87.9 Å². The van der Waals surface area contributed by atoms with Crippen LogP contribution in [0.1, 0.15) is 120 Å². The Morgan fingerprint density at radius 3 is 1.53 bits per heavy atom. The van der Waals surface area contributed by atoms with Crippen molar-refractivity contribution in [2.75, 3.05) is 24.7 Å². The Kier molecular flexibility index (Phi) is 10.9. The standard InChI is InChI=1S/C20H30N4S.C18H26N4S.CH4/c1-20(2)10-9-16-15(11-20)17-18(21-12-22-19(17)25-16)23-13-5-7-14(8-6-13)24(3)4;1-18(2)8-7-14-13(9-18)15-16(20-10-21-17(15)23-14)22-12-5-3-11(19)4-6-12;/h12-14H,5-11H2,1-4H3,(H,21,22,23);10-12H,3-9,19H2,1-2H3,(H,20,21,22);1H4. The lowest BCUT2D eigenvalue weighted by Crippen LogP contribution is -2.36. The van der Waals surface area contributed by atoms with Gasteiger partial charge in [-0.2, -0.15) is 0 Å². The van der Waals surface area contributed by atoms with E-state index in [-0.39, 0.29) is 7.43 Å². The van der Waals surface area contributed by atoms with Crippen LogP contribution in [-0.4, -0.2) is 63.1 Å². The van der Waals surface area contributed by atoms with Crippen LogP contribution in [0.5, 0.6) is 0 Å². The van der Waals surface area contributed by atoms with Crippen LogP contribution >= 0.6 is 22.7 Å². The fourth-order valence-electron chi connectivity index (χ4n) is 8.49. The lowest BCUT2D eigenvalue weighted by molar-refractivity contribution is 0.221. The summed E-state index contributed by atoms with van der Waals surface area (Å²) in [7, 11) is 4.40. The quantitative estimate of drug-likeness (QED) is 0.189. The summed E-state index contributed by atoms with van der Waals surface area (Å²) in [5.41, 5.74) is 9.81. The number of rotatable bonds is 5. The topological polar surface area (TPSA) is 105 Å². The summed E-state index contributed by atoms with van der Waals surface area (Å²) in [4.78, 5) is 26.1. The molecule has 4 heterocycles. The molecule has 0 bridgehead atoms. The van der Waals surface area contributed by atoms with Gasteiger partial charge in [-0.25, -0.2) is 19.9 Å². The van der Waals surface area contributed by atoms with Gasteiger partial charge in [0.15, 0.2) is 0 Å². The highest BCUT2D eigenvalue weighted by Gasteiger charge is 2.32. The number of thiophene rings is 2. The number of anilines is 2. The van der Waals surface area contributed by atoms with Gasteiger partial charge in [0.05, 0.1) is 10.8 Å². The molecule has 49 heavy (non-hydrogen) atoms. The molecule has 4 aliphatic carbocycles. The van der Waals surface area contributed by atoms with Gasteiger partial charge in [-0.15, -0.1) is 22.7 Å². The number of hydrogen-bond acceptors (Lipinski definition) is 10. The van der Waals surface area contributed by atoms with Crippen LogP contribution < -0.4 is 16.4 Å². The Bertz CT molecular complexity index is 1720. The minimum atomic E-state index is 0. The first-order valence-corrected chi connectivity index (χ1v) is 20.0. The average molecular weight is 705 g/mol. The summed E-state index contributed by atoms with van der Waals surface area (Å²) in [5, 5.41) is 10.1. The number of hydrogen-bond donors (Lipinski definition) is 3. The van der Waals surface area contributed by atoms with E-state index >= 15 is 0 Å². The van der Waals surface area contributed by atoms with Crippen molar-refractivity contribution in [1.29, 1.82) is 0 Å². The van der Waals surface area contributed by atoms with Crippen molar-refractivity contribution in [2.45, 2.75) is 149 Å². The van der Waals surface area contributed by atoms with Crippen molar-refractivity contribution >= 4 is 54.7 Å². The van der Waals surface area contributed by atoms with Crippen LogP contribution in [0.25, 0.3) is 20.4 Å². The summed E-state index contributed by atoms with van der Waals surface area (Å²) in [6, 6.07) is 2.16. The van der Waals surface area contributed by atoms with E-state index < -0.39 is 0 Å². The smallest absolute Gasteiger partial charge is 0.138 e. The van der Waals surface area contributed by atoms with E-state index in [1.54, 1.807) is 12.7 Å². The van der Waals surface area contributed by atoms with Crippen LogP contribution in [0, 0.1) is 10.8 Å². The summed E-state index contributed by atoms with van der Waals surface area (Å²) in [6.45, 7) is 9.52. The number of nitrogens with zero attached hydrogens (tertiary/aromatic N) is 5. The van der Waals surface area contributed by atoms with Crippen LogP contribution in [0.4, 0.5) is 11.6 Å². The molecule has 0 amide bonds. The van der Waals surface area contributed by atoms with Crippen molar-refractivity contribution in [3.63, 3.8) is 0 Å². The van der Waals surface area contributed by atoms with E-state index in [1.807, 2.05) is 22.7 Å². The van der Waals surface area contributed by atoms with Crippen LogP contribution in [-0.2, 0) is 25.7 Å². The minimum Gasteiger partial charge on any atom is -0.367 e. The third-order valence-corrected chi connectivity index (χ3v) is 14.0. The first-order chi connectivity index (χ1) is 22.9. The second kappa shape index (κ2) is 14.7. The van der Waals surface area contributed by atoms with Crippen molar-refractivity contribution in [3.05, 3.63) is 33.5 Å². The molecule has 4 aromatic heterocycles. The van der Waals surface area contributed by atoms with Crippen molar-refractivity contribution in [1.82, 2.24) is 24.8 Å². The van der Waals surface area contributed by atoms with Crippen LogP contribution in [0.2, 0.25) is 0 Å². The van der Waals surface area contributed by atoms with E-state index in [0.717, 1.165) is 61.0 Å². The third kappa shape index (κ3) is 8.08. The highest BCUT2D eigenvalue weighted by atomic mass is 32.1. The van der Waals surface area contributed by atoms with Crippen molar-refractivity contribution in [3.8, 4) is 0 Å². The summed E-state index contributed by atoms with van der Waals surface area (Å²) >= 11 is 3.75. The highest BCUT2D eigenvalue weighted by Crippen LogP contribution is 2.45. The largest absolute Gasteiger partial charge is 0.367 e. The third-order valence-electron chi connectivity index (χ3n) is 11.6. The molecule has 0 spiro atoms. The molecule has 4 aromatic rings. The van der Waals surface area contributed by atoms with E-state index in [4.69, 9.17) is 5.73 Å². The first kappa shape index (κ1) is 36.4. The fraction of sp³-hybridized carbons (Fsp3) is 0.692. The second-order valence-electron chi connectivity index (χ2n) is 16.9. The molecular formula is C39H60N8S2. The van der Waals surface area contributed by atoms with Crippen LogP contribution in [0.15, 0.2) is 12.7 Å².